The Morgan fingerprint density at radius 2 is 1.89 bits per heavy atom. The van der Waals surface area contributed by atoms with Crippen LogP contribution in [0.5, 0.6) is 0 Å². The third kappa shape index (κ3) is 5.93. The van der Waals surface area contributed by atoms with Gasteiger partial charge in [-0.1, -0.05) is 18.1 Å². The molecule has 200 valence electrons. The molecule has 4 heterocycles. The smallest absolute Gasteiger partial charge is 0.475 e. The third-order valence-corrected chi connectivity index (χ3v) is 7.58. The van der Waals surface area contributed by atoms with Gasteiger partial charge in [0.25, 0.3) is 5.56 Å². The minimum absolute atomic E-state index is 0.125. The highest BCUT2D eigenvalue weighted by Gasteiger charge is 2.38. The summed E-state index contributed by atoms with van der Waals surface area (Å²) in [7, 11) is 1.75. The van der Waals surface area contributed by atoms with Crippen molar-refractivity contribution < 1.29 is 23.1 Å². The number of carboxylic acids is 1. The molecule has 1 saturated heterocycles. The van der Waals surface area contributed by atoms with Gasteiger partial charge in [-0.25, -0.2) is 14.8 Å². The molecule has 0 bridgehead atoms. The third-order valence-electron chi connectivity index (χ3n) is 5.43. The molecule has 1 aliphatic rings. The average Bonchev–Trinajstić information content (AvgIpc) is 3.47. The summed E-state index contributed by atoms with van der Waals surface area (Å²) in [5.74, 6) is 4.00. The van der Waals surface area contributed by atoms with Crippen LogP contribution < -0.4 is 15.8 Å². The molecule has 0 amide bonds. The van der Waals surface area contributed by atoms with Gasteiger partial charge in [0, 0.05) is 33.2 Å². The number of imidazole rings is 1. The van der Waals surface area contributed by atoms with Gasteiger partial charge in [0.2, 0.25) is 5.95 Å². The van der Waals surface area contributed by atoms with E-state index in [1.54, 1.807) is 29.9 Å². The highest BCUT2D eigenvalue weighted by molar-refractivity contribution is 8.01. The van der Waals surface area contributed by atoms with Gasteiger partial charge in [0.1, 0.15) is 0 Å². The second kappa shape index (κ2) is 11.4. The molecular weight excluding hydrogens is 543 g/mol. The molecule has 3 aromatic heterocycles. The SMILES string of the molecule is CC#CCn1c(N2CCNCC2)nc2nc(Sc3nc4ccccc4s3)n(C)c(=O)c21.O=C(O)C(F)(F)F. The normalized spacial score (nSPS) is 13.7. The Morgan fingerprint density at radius 1 is 1.21 bits per heavy atom. The maximum absolute atomic E-state index is 13.3. The minimum Gasteiger partial charge on any atom is -0.475 e. The molecule has 15 heteroatoms. The van der Waals surface area contributed by atoms with Crippen molar-refractivity contribution >= 4 is 56.4 Å². The Bertz CT molecular complexity index is 1560. The highest BCUT2D eigenvalue weighted by atomic mass is 32.2. The van der Waals surface area contributed by atoms with Gasteiger partial charge < -0.3 is 15.3 Å². The minimum atomic E-state index is -5.08. The molecule has 0 saturated carbocycles. The van der Waals surface area contributed by atoms with E-state index in [0.717, 1.165) is 46.7 Å². The van der Waals surface area contributed by atoms with E-state index in [0.29, 0.717) is 22.9 Å². The second-order valence-corrected chi connectivity index (χ2v) is 10.2. The molecule has 0 radical (unpaired) electrons. The number of benzene rings is 1. The number of aromatic nitrogens is 5. The highest BCUT2D eigenvalue weighted by Crippen LogP contribution is 2.33. The summed E-state index contributed by atoms with van der Waals surface area (Å²) in [6.07, 6.45) is -5.08. The van der Waals surface area contributed by atoms with E-state index in [4.69, 9.17) is 19.9 Å². The number of nitrogens with zero attached hydrogens (tertiary/aromatic N) is 6. The van der Waals surface area contributed by atoms with Gasteiger partial charge in [0.05, 0.1) is 16.8 Å². The number of aliphatic carboxylic acids is 1. The first-order valence-electron chi connectivity index (χ1n) is 11.3. The van der Waals surface area contributed by atoms with Crippen LogP contribution in [0.2, 0.25) is 0 Å². The maximum atomic E-state index is 13.3. The molecule has 5 rings (SSSR count). The van der Waals surface area contributed by atoms with Crippen LogP contribution in [0.3, 0.4) is 0 Å². The summed E-state index contributed by atoms with van der Waals surface area (Å²) in [4.78, 5) is 38.6. The topological polar surface area (TPSA) is 118 Å². The van der Waals surface area contributed by atoms with Crippen LogP contribution in [-0.2, 0) is 18.4 Å². The summed E-state index contributed by atoms with van der Waals surface area (Å²) in [5.41, 5.74) is 1.77. The summed E-state index contributed by atoms with van der Waals surface area (Å²) >= 11 is 2.99. The molecule has 0 atom stereocenters. The number of rotatable bonds is 4. The van der Waals surface area contributed by atoms with Crippen molar-refractivity contribution in [2.24, 2.45) is 7.05 Å². The van der Waals surface area contributed by atoms with Crippen molar-refractivity contribution in [2.45, 2.75) is 29.1 Å². The van der Waals surface area contributed by atoms with Crippen LogP contribution in [0.15, 0.2) is 38.6 Å². The second-order valence-electron chi connectivity index (χ2n) is 7.95. The monoisotopic (exact) mass is 565 g/mol. The maximum Gasteiger partial charge on any atom is 0.490 e. The molecule has 1 fully saturated rings. The van der Waals surface area contributed by atoms with Crippen LogP contribution in [0.4, 0.5) is 19.1 Å². The molecule has 10 nitrogen and oxygen atoms in total. The predicted octanol–water partition coefficient (Wildman–Crippen LogP) is 2.96. The van der Waals surface area contributed by atoms with Gasteiger partial charge in [-0.3, -0.25) is 13.9 Å². The van der Waals surface area contributed by atoms with E-state index in [2.05, 4.69) is 27.0 Å². The fourth-order valence-electron chi connectivity index (χ4n) is 3.61. The zero-order chi connectivity index (χ0) is 27.4. The van der Waals surface area contributed by atoms with Gasteiger partial charge >= 0.3 is 12.1 Å². The van der Waals surface area contributed by atoms with Crippen molar-refractivity contribution in [3.63, 3.8) is 0 Å². The van der Waals surface area contributed by atoms with Crippen molar-refractivity contribution in [1.82, 2.24) is 29.4 Å². The molecule has 0 spiro atoms. The molecule has 1 aromatic carbocycles. The van der Waals surface area contributed by atoms with Crippen LogP contribution >= 0.6 is 23.1 Å². The van der Waals surface area contributed by atoms with Crippen molar-refractivity contribution in [3.8, 4) is 11.8 Å². The first-order chi connectivity index (χ1) is 18.1. The lowest BCUT2D eigenvalue weighted by Gasteiger charge is -2.28. The molecule has 0 aliphatic carbocycles. The van der Waals surface area contributed by atoms with Crippen molar-refractivity contribution in [1.29, 1.82) is 0 Å². The number of nitrogens with one attached hydrogen (secondary N) is 1. The lowest BCUT2D eigenvalue weighted by molar-refractivity contribution is -0.192. The van der Waals surface area contributed by atoms with E-state index in [9.17, 15) is 18.0 Å². The van der Waals surface area contributed by atoms with E-state index in [1.807, 2.05) is 28.8 Å². The molecule has 38 heavy (non-hydrogen) atoms. The summed E-state index contributed by atoms with van der Waals surface area (Å²) in [5, 5.41) is 11.1. The van der Waals surface area contributed by atoms with E-state index in [1.165, 1.54) is 11.8 Å². The summed E-state index contributed by atoms with van der Waals surface area (Å²) in [6, 6.07) is 8.00. The number of fused-ring (bicyclic) bond motifs is 2. The number of alkyl halides is 3. The first-order valence-corrected chi connectivity index (χ1v) is 12.9. The molecular formula is C23H22F3N7O3S2. The lowest BCUT2D eigenvalue weighted by Crippen LogP contribution is -2.44. The Morgan fingerprint density at radius 3 is 2.53 bits per heavy atom. The van der Waals surface area contributed by atoms with Gasteiger partial charge in [-0.2, -0.15) is 18.2 Å². The van der Waals surface area contributed by atoms with Crippen molar-refractivity contribution in [2.75, 3.05) is 31.1 Å². The van der Waals surface area contributed by atoms with Gasteiger partial charge in [-0.15, -0.1) is 17.3 Å². The zero-order valence-corrected chi connectivity index (χ0v) is 21.9. The Labute approximate surface area is 222 Å². The van der Waals surface area contributed by atoms with Crippen LogP contribution in [0, 0.1) is 11.8 Å². The lowest BCUT2D eigenvalue weighted by atomic mass is 10.3. The molecule has 1 aliphatic heterocycles. The number of para-hydroxylation sites is 1. The number of hydrogen-bond acceptors (Lipinski definition) is 9. The quantitative estimate of drug-likeness (QED) is 0.284. The first kappa shape index (κ1) is 27.4. The van der Waals surface area contributed by atoms with E-state index >= 15 is 0 Å². The summed E-state index contributed by atoms with van der Waals surface area (Å²) < 4.78 is 37.2. The molecule has 2 N–H and O–H groups in total. The van der Waals surface area contributed by atoms with E-state index in [-0.39, 0.29) is 5.56 Å². The number of carbonyl (C=O) groups is 1. The molecule has 4 aromatic rings. The van der Waals surface area contributed by atoms with E-state index < -0.39 is 12.1 Å². The fourth-order valence-corrected chi connectivity index (χ4v) is 5.62. The predicted molar refractivity (Wildman–Crippen MR) is 139 cm³/mol. The van der Waals surface area contributed by atoms with Crippen molar-refractivity contribution in [3.05, 3.63) is 34.6 Å². The van der Waals surface area contributed by atoms with Gasteiger partial charge in [-0.05, 0) is 30.8 Å². The van der Waals surface area contributed by atoms with Crippen LogP contribution in [-0.4, -0.2) is 67.5 Å². The average molecular weight is 566 g/mol. The number of hydrogen-bond donors (Lipinski definition) is 2. The van der Waals surface area contributed by atoms with Gasteiger partial charge in [0.15, 0.2) is 20.7 Å². The number of piperazine rings is 1. The zero-order valence-electron chi connectivity index (χ0n) is 20.2. The van der Waals surface area contributed by atoms with Crippen LogP contribution in [0.1, 0.15) is 6.92 Å². The largest absolute Gasteiger partial charge is 0.490 e. The number of thiazole rings is 1. The Kier molecular flexibility index (Phi) is 8.24. The molecule has 0 unspecified atom stereocenters. The standard InChI is InChI=1S/C21H21N7OS2.C2HF3O2/c1-3-4-11-28-16-17(24-19(28)27-12-9-22-10-13-27)25-20(26(2)18(16)29)31-21-23-14-7-5-6-8-15(14)30-21;3-2(4,5)1(6)7/h5-8,22H,9-13H2,1-2H3;(H,6,7). The number of carboxylic acid groups (broad SMARTS) is 1. The Balaban J connectivity index is 0.000000426. The number of halogens is 3. The number of anilines is 1. The summed E-state index contributed by atoms with van der Waals surface area (Å²) in [6.45, 7) is 5.63. The Hall–Kier alpha value is -3.61. The fraction of sp³-hybridized carbons (Fsp3) is 0.348. The van der Waals surface area contributed by atoms with Crippen LogP contribution in [0.25, 0.3) is 21.4 Å².